The molecule has 0 N–H and O–H groups in total. The Morgan fingerprint density at radius 3 is 2.74 bits per heavy atom. The lowest BCUT2D eigenvalue weighted by atomic mass is 10.1. The van der Waals surface area contributed by atoms with Gasteiger partial charge in [0.25, 0.3) is 11.8 Å². The molecule has 0 radical (unpaired) electrons. The van der Waals surface area contributed by atoms with E-state index in [0.29, 0.717) is 18.4 Å². The van der Waals surface area contributed by atoms with Crippen LogP contribution in [0.15, 0.2) is 21.9 Å². The van der Waals surface area contributed by atoms with Crippen LogP contribution in [-0.2, 0) is 14.3 Å². The average Bonchev–Trinajstić information content (AvgIpc) is 3.17. The summed E-state index contributed by atoms with van der Waals surface area (Å²) in [7, 11) is 0. The van der Waals surface area contributed by atoms with Crippen molar-refractivity contribution < 1.29 is 18.7 Å². The summed E-state index contributed by atoms with van der Waals surface area (Å²) in [5, 5.41) is 9.84. The lowest BCUT2D eigenvalue weighted by Crippen LogP contribution is -2.25. The number of esters is 1. The number of nitrogens with zero attached hydrogens (tertiary/aromatic N) is 2. The van der Waals surface area contributed by atoms with Gasteiger partial charge in [-0.05, 0) is 37.6 Å². The molecule has 0 amide bonds. The van der Waals surface area contributed by atoms with Gasteiger partial charge in [0.1, 0.15) is 0 Å². The van der Waals surface area contributed by atoms with E-state index in [4.69, 9.17) is 13.9 Å². The highest BCUT2D eigenvalue weighted by atomic mass is 32.1. The second kappa shape index (κ2) is 8.21. The number of ether oxygens (including phenoxy) is 2. The second-order valence-corrected chi connectivity index (χ2v) is 6.65. The SMILES string of the molecule is CC(C)CCOC(C)C(=O)OC(C)c1nnc(-c2cccs2)o1. The Hall–Kier alpha value is -1.73. The van der Waals surface area contributed by atoms with Gasteiger partial charge in [-0.2, -0.15) is 0 Å². The highest BCUT2D eigenvalue weighted by Gasteiger charge is 2.23. The molecular weight excluding hydrogens is 316 g/mol. The van der Waals surface area contributed by atoms with Gasteiger partial charge in [0.15, 0.2) is 12.2 Å². The summed E-state index contributed by atoms with van der Waals surface area (Å²) in [4.78, 5) is 12.9. The number of carbonyl (C=O) groups excluding carboxylic acids is 1. The molecule has 2 aromatic heterocycles. The van der Waals surface area contributed by atoms with E-state index in [1.165, 1.54) is 11.3 Å². The first-order valence-corrected chi connectivity index (χ1v) is 8.54. The first kappa shape index (κ1) is 17.6. The van der Waals surface area contributed by atoms with Crippen molar-refractivity contribution in [1.29, 1.82) is 0 Å². The minimum Gasteiger partial charge on any atom is -0.451 e. The fourth-order valence-corrected chi connectivity index (χ4v) is 2.41. The topological polar surface area (TPSA) is 74.5 Å². The van der Waals surface area contributed by atoms with Crippen molar-refractivity contribution in [1.82, 2.24) is 10.2 Å². The van der Waals surface area contributed by atoms with Gasteiger partial charge in [-0.3, -0.25) is 0 Å². The molecule has 2 unspecified atom stereocenters. The van der Waals surface area contributed by atoms with Gasteiger partial charge >= 0.3 is 5.97 Å². The monoisotopic (exact) mass is 338 g/mol. The van der Waals surface area contributed by atoms with Crippen LogP contribution in [0.3, 0.4) is 0 Å². The van der Waals surface area contributed by atoms with Gasteiger partial charge in [-0.25, -0.2) is 4.79 Å². The van der Waals surface area contributed by atoms with E-state index >= 15 is 0 Å². The van der Waals surface area contributed by atoms with Crippen molar-refractivity contribution in [2.24, 2.45) is 5.92 Å². The normalized spacial score (nSPS) is 14.0. The number of carbonyl (C=O) groups is 1. The Bertz CT molecular complexity index is 609. The third-order valence-corrected chi connectivity index (χ3v) is 4.07. The quantitative estimate of drug-likeness (QED) is 0.681. The van der Waals surface area contributed by atoms with E-state index < -0.39 is 18.2 Å². The first-order chi connectivity index (χ1) is 11.0. The zero-order valence-corrected chi connectivity index (χ0v) is 14.6. The van der Waals surface area contributed by atoms with Crippen LogP contribution >= 0.6 is 11.3 Å². The molecule has 2 atom stereocenters. The average molecular weight is 338 g/mol. The van der Waals surface area contributed by atoms with Crippen molar-refractivity contribution in [3.05, 3.63) is 23.4 Å². The minimum atomic E-state index is -0.615. The molecule has 0 bridgehead atoms. The van der Waals surface area contributed by atoms with Gasteiger partial charge in [0.05, 0.1) is 4.88 Å². The third kappa shape index (κ3) is 5.14. The Labute approximate surface area is 139 Å². The molecular formula is C16H22N2O4S. The Morgan fingerprint density at radius 2 is 2.09 bits per heavy atom. The van der Waals surface area contributed by atoms with Crippen LogP contribution in [0, 0.1) is 5.92 Å². The summed E-state index contributed by atoms with van der Waals surface area (Å²) in [6.45, 7) is 8.13. The summed E-state index contributed by atoms with van der Waals surface area (Å²) in [6, 6.07) is 3.80. The lowest BCUT2D eigenvalue weighted by molar-refractivity contribution is -0.162. The maximum Gasteiger partial charge on any atom is 0.335 e. The Balaban J connectivity index is 1.86. The highest BCUT2D eigenvalue weighted by molar-refractivity contribution is 7.13. The van der Waals surface area contributed by atoms with Crippen LogP contribution in [0.5, 0.6) is 0 Å². The number of hydrogen-bond donors (Lipinski definition) is 0. The maximum absolute atomic E-state index is 12.0. The van der Waals surface area contributed by atoms with Gasteiger partial charge in [-0.1, -0.05) is 19.9 Å². The lowest BCUT2D eigenvalue weighted by Gasteiger charge is -2.15. The molecule has 0 aliphatic rings. The standard InChI is InChI=1S/C16H22N2O4S/c1-10(2)7-8-20-12(4)16(19)21-11(3)14-17-18-15(22-14)13-6-5-9-23-13/h5-6,9-12H,7-8H2,1-4H3. The first-order valence-electron chi connectivity index (χ1n) is 7.66. The van der Waals surface area contributed by atoms with E-state index in [9.17, 15) is 4.79 Å². The van der Waals surface area contributed by atoms with Crippen LogP contribution < -0.4 is 0 Å². The summed E-state index contributed by atoms with van der Waals surface area (Å²) < 4.78 is 16.4. The van der Waals surface area contributed by atoms with Crippen molar-refractivity contribution >= 4 is 17.3 Å². The third-order valence-electron chi connectivity index (χ3n) is 3.21. The molecule has 2 aromatic rings. The zero-order chi connectivity index (χ0) is 16.8. The highest BCUT2D eigenvalue weighted by Crippen LogP contribution is 2.26. The van der Waals surface area contributed by atoms with Crippen LogP contribution in [-0.4, -0.2) is 28.9 Å². The largest absolute Gasteiger partial charge is 0.451 e. The molecule has 0 aliphatic heterocycles. The molecule has 126 valence electrons. The van der Waals surface area contributed by atoms with Crippen LogP contribution in [0.25, 0.3) is 10.8 Å². The van der Waals surface area contributed by atoms with Crippen molar-refractivity contribution in [3.8, 4) is 10.8 Å². The fourth-order valence-electron chi connectivity index (χ4n) is 1.77. The number of rotatable bonds is 8. The van der Waals surface area contributed by atoms with Crippen molar-refractivity contribution in [3.63, 3.8) is 0 Å². The van der Waals surface area contributed by atoms with Crippen LogP contribution in [0.4, 0.5) is 0 Å². The summed E-state index contributed by atoms with van der Waals surface area (Å²) >= 11 is 1.51. The van der Waals surface area contributed by atoms with E-state index in [1.807, 2.05) is 17.5 Å². The molecule has 0 saturated heterocycles. The molecule has 2 rings (SSSR count). The van der Waals surface area contributed by atoms with Gasteiger partial charge in [-0.15, -0.1) is 21.5 Å². The molecule has 2 heterocycles. The number of thiophene rings is 1. The van der Waals surface area contributed by atoms with E-state index in [0.717, 1.165) is 11.3 Å². The minimum absolute atomic E-state index is 0.274. The van der Waals surface area contributed by atoms with E-state index in [2.05, 4.69) is 24.0 Å². The summed E-state index contributed by atoms with van der Waals surface area (Å²) in [6.07, 6.45) is -0.322. The summed E-state index contributed by atoms with van der Waals surface area (Å²) in [5.41, 5.74) is 0. The smallest absolute Gasteiger partial charge is 0.335 e. The molecule has 0 spiro atoms. The molecule has 6 nitrogen and oxygen atoms in total. The molecule has 23 heavy (non-hydrogen) atoms. The molecule has 0 fully saturated rings. The second-order valence-electron chi connectivity index (χ2n) is 5.70. The Kier molecular flexibility index (Phi) is 6.29. The Morgan fingerprint density at radius 1 is 1.30 bits per heavy atom. The van der Waals surface area contributed by atoms with E-state index in [-0.39, 0.29) is 5.89 Å². The molecule has 0 saturated carbocycles. The van der Waals surface area contributed by atoms with Gasteiger partial charge in [0, 0.05) is 6.61 Å². The van der Waals surface area contributed by atoms with Crippen LogP contribution in [0.2, 0.25) is 0 Å². The van der Waals surface area contributed by atoms with Crippen molar-refractivity contribution in [2.45, 2.75) is 46.3 Å². The summed E-state index contributed by atoms with van der Waals surface area (Å²) in [5.74, 6) is 0.804. The van der Waals surface area contributed by atoms with Crippen molar-refractivity contribution in [2.75, 3.05) is 6.61 Å². The number of aromatic nitrogens is 2. The predicted octanol–water partition coefficient (Wildman–Crippen LogP) is 3.85. The van der Waals surface area contributed by atoms with Gasteiger partial charge < -0.3 is 13.9 Å². The van der Waals surface area contributed by atoms with Gasteiger partial charge in [0.2, 0.25) is 0 Å². The molecule has 0 aliphatic carbocycles. The zero-order valence-electron chi connectivity index (χ0n) is 13.8. The number of hydrogen-bond acceptors (Lipinski definition) is 7. The van der Waals surface area contributed by atoms with E-state index in [1.54, 1.807) is 13.8 Å². The maximum atomic E-state index is 12.0. The predicted molar refractivity (Wildman–Crippen MR) is 87.0 cm³/mol. The fraction of sp³-hybridized carbons (Fsp3) is 0.562. The van der Waals surface area contributed by atoms with Crippen LogP contribution in [0.1, 0.15) is 46.1 Å². The molecule has 0 aromatic carbocycles. The molecule has 7 heteroatoms.